The van der Waals surface area contributed by atoms with Crippen molar-refractivity contribution in [3.8, 4) is 0 Å². The van der Waals surface area contributed by atoms with Crippen molar-refractivity contribution in [2.75, 3.05) is 0 Å². The molecule has 0 atom stereocenters. The molecule has 0 aliphatic rings. The molecule has 0 unspecified atom stereocenters. The van der Waals surface area contributed by atoms with E-state index in [0.29, 0.717) is 5.92 Å². The van der Waals surface area contributed by atoms with E-state index in [0.717, 1.165) is 5.21 Å². The molecule has 1 heteroatoms. The number of hydrogen-bond donors (Lipinski definition) is 0. The summed E-state index contributed by atoms with van der Waals surface area (Å²) in [4.78, 5) is 0. The third-order valence-corrected chi connectivity index (χ3v) is 4.09. The Hall–Kier alpha value is -1.00. The van der Waals surface area contributed by atoms with E-state index in [1.54, 1.807) is 0 Å². The first kappa shape index (κ1) is 13.4. The van der Waals surface area contributed by atoms with Crippen LogP contribution in [0.15, 0.2) is 48.5 Å². The zero-order chi connectivity index (χ0) is 13.0. The first-order valence-corrected chi connectivity index (χ1v) is 7.78. The zero-order valence-electron chi connectivity index (χ0n) is 11.1. The molecule has 0 aliphatic heterocycles. The van der Waals surface area contributed by atoms with E-state index in [9.17, 15) is 0 Å². The molecular formula is C17H19As. The Morgan fingerprint density at radius 2 is 1.28 bits per heavy atom. The Kier molecular flexibility index (Phi) is 4.66. The van der Waals surface area contributed by atoms with Crippen LogP contribution in [0.1, 0.15) is 34.6 Å². The second-order valence-electron chi connectivity index (χ2n) is 4.78. The molecule has 92 valence electrons. The molecule has 2 radical (unpaired) electrons. The van der Waals surface area contributed by atoms with Gasteiger partial charge in [-0.3, -0.25) is 0 Å². The molecule has 0 saturated heterocycles. The van der Waals surface area contributed by atoms with Crippen LogP contribution < -0.4 is 0 Å². The van der Waals surface area contributed by atoms with Gasteiger partial charge in [0.05, 0.1) is 0 Å². The zero-order valence-corrected chi connectivity index (χ0v) is 12.9. The maximum absolute atomic E-state index is 2.71. The minimum absolute atomic E-state index is 0.524. The monoisotopic (exact) mass is 298 g/mol. The Labute approximate surface area is 119 Å². The van der Waals surface area contributed by atoms with Crippen molar-refractivity contribution in [2.24, 2.45) is 0 Å². The molecule has 18 heavy (non-hydrogen) atoms. The molecule has 2 aromatic carbocycles. The average molecular weight is 298 g/mol. The molecule has 0 amide bonds. The quantitative estimate of drug-likeness (QED) is 0.733. The molecule has 0 aromatic heterocycles. The standard InChI is InChI=1S/C17H19As/c1-13-7-3-5-9-15(13)17(11-12-18)16-10-6-4-8-14(16)2/h3-10,17H,11-12H2,1-2H3. The number of hydrogen-bond acceptors (Lipinski definition) is 0. The van der Waals surface area contributed by atoms with Gasteiger partial charge >= 0.3 is 119 Å². The van der Waals surface area contributed by atoms with Gasteiger partial charge in [0.1, 0.15) is 0 Å². The Bertz CT molecular complexity index is 471. The number of aryl methyl sites for hydroxylation is 2. The number of rotatable bonds is 4. The second kappa shape index (κ2) is 6.25. The SMILES string of the molecule is Cc1ccccc1C(CC[As])c1ccccc1C. The van der Waals surface area contributed by atoms with Crippen LogP contribution in [0.3, 0.4) is 0 Å². The second-order valence-corrected chi connectivity index (χ2v) is 5.72. The van der Waals surface area contributed by atoms with E-state index < -0.39 is 0 Å². The minimum atomic E-state index is 0.524. The Balaban J connectivity index is 2.47. The van der Waals surface area contributed by atoms with Crippen molar-refractivity contribution >= 4 is 16.9 Å². The van der Waals surface area contributed by atoms with Crippen molar-refractivity contribution in [1.29, 1.82) is 0 Å². The summed E-state index contributed by atoms with van der Waals surface area (Å²) in [5, 5.41) is 1.15. The van der Waals surface area contributed by atoms with Crippen LogP contribution in [0.25, 0.3) is 0 Å². The molecule has 0 fully saturated rings. The summed E-state index contributed by atoms with van der Waals surface area (Å²) in [6.07, 6.45) is 1.19. The Morgan fingerprint density at radius 3 is 1.67 bits per heavy atom. The topological polar surface area (TPSA) is 0 Å². The fourth-order valence-corrected chi connectivity index (χ4v) is 3.10. The van der Waals surface area contributed by atoms with Crippen molar-refractivity contribution in [2.45, 2.75) is 31.4 Å². The van der Waals surface area contributed by atoms with Gasteiger partial charge in [-0.15, -0.1) is 0 Å². The summed E-state index contributed by atoms with van der Waals surface area (Å²) >= 11 is 2.71. The first-order valence-electron chi connectivity index (χ1n) is 6.46. The third-order valence-electron chi connectivity index (χ3n) is 3.55. The van der Waals surface area contributed by atoms with Crippen molar-refractivity contribution < 1.29 is 0 Å². The van der Waals surface area contributed by atoms with E-state index in [-0.39, 0.29) is 0 Å². The van der Waals surface area contributed by atoms with Crippen molar-refractivity contribution in [3.63, 3.8) is 0 Å². The fraction of sp³-hybridized carbons (Fsp3) is 0.294. The molecule has 2 rings (SSSR count). The van der Waals surface area contributed by atoms with Crippen LogP contribution >= 0.6 is 0 Å². The van der Waals surface area contributed by atoms with Gasteiger partial charge in [-0.2, -0.15) is 0 Å². The van der Waals surface area contributed by atoms with Crippen LogP contribution in [-0.4, -0.2) is 16.9 Å². The van der Waals surface area contributed by atoms with Gasteiger partial charge in [0, 0.05) is 0 Å². The van der Waals surface area contributed by atoms with Gasteiger partial charge in [0.25, 0.3) is 0 Å². The van der Waals surface area contributed by atoms with E-state index >= 15 is 0 Å². The first-order chi connectivity index (χ1) is 8.74. The molecule has 0 heterocycles. The van der Waals surface area contributed by atoms with Gasteiger partial charge in [-0.25, -0.2) is 0 Å². The molecule has 0 spiro atoms. The summed E-state index contributed by atoms with van der Waals surface area (Å²) in [5.74, 6) is 0.524. The predicted molar refractivity (Wildman–Crippen MR) is 79.4 cm³/mol. The van der Waals surface area contributed by atoms with Crippen LogP contribution in [-0.2, 0) is 0 Å². The summed E-state index contributed by atoms with van der Waals surface area (Å²) in [7, 11) is 0. The molecule has 0 saturated carbocycles. The number of benzene rings is 2. The van der Waals surface area contributed by atoms with Crippen LogP contribution in [0.5, 0.6) is 0 Å². The van der Waals surface area contributed by atoms with E-state index in [1.165, 1.54) is 28.7 Å². The van der Waals surface area contributed by atoms with Gasteiger partial charge in [0.15, 0.2) is 0 Å². The van der Waals surface area contributed by atoms with Crippen molar-refractivity contribution in [1.82, 2.24) is 0 Å². The molecular weight excluding hydrogens is 279 g/mol. The van der Waals surface area contributed by atoms with Crippen LogP contribution in [0, 0.1) is 13.8 Å². The average Bonchev–Trinajstić information content (AvgIpc) is 2.38. The van der Waals surface area contributed by atoms with E-state index in [2.05, 4.69) is 79.2 Å². The van der Waals surface area contributed by atoms with E-state index in [1.807, 2.05) is 0 Å². The Morgan fingerprint density at radius 1 is 0.833 bits per heavy atom. The van der Waals surface area contributed by atoms with Gasteiger partial charge in [0.2, 0.25) is 0 Å². The van der Waals surface area contributed by atoms with E-state index in [4.69, 9.17) is 0 Å². The molecule has 0 nitrogen and oxygen atoms in total. The summed E-state index contributed by atoms with van der Waals surface area (Å²) in [6.45, 7) is 4.43. The summed E-state index contributed by atoms with van der Waals surface area (Å²) in [5.41, 5.74) is 5.73. The third kappa shape index (κ3) is 2.87. The van der Waals surface area contributed by atoms with Gasteiger partial charge in [-0.05, 0) is 0 Å². The van der Waals surface area contributed by atoms with Gasteiger partial charge < -0.3 is 0 Å². The molecule has 0 N–H and O–H groups in total. The fourth-order valence-electron chi connectivity index (χ4n) is 2.56. The molecule has 0 bridgehead atoms. The van der Waals surface area contributed by atoms with Crippen LogP contribution in [0.2, 0.25) is 5.21 Å². The van der Waals surface area contributed by atoms with Crippen molar-refractivity contribution in [3.05, 3.63) is 70.8 Å². The molecule has 0 aliphatic carbocycles. The van der Waals surface area contributed by atoms with Crippen LogP contribution in [0.4, 0.5) is 0 Å². The summed E-state index contributed by atoms with van der Waals surface area (Å²) in [6, 6.07) is 17.5. The van der Waals surface area contributed by atoms with Gasteiger partial charge in [-0.1, -0.05) is 0 Å². The maximum atomic E-state index is 2.71. The molecule has 2 aromatic rings. The predicted octanol–water partition coefficient (Wildman–Crippen LogP) is 4.41. The summed E-state index contributed by atoms with van der Waals surface area (Å²) < 4.78 is 0. The normalized spacial score (nSPS) is 10.9.